The molecule has 0 bridgehead atoms. The number of likely N-dealkylation sites (tertiary alicyclic amines) is 1. The van der Waals surface area contributed by atoms with Crippen LogP contribution in [0, 0.1) is 11.6 Å². The van der Waals surface area contributed by atoms with Gasteiger partial charge in [-0.3, -0.25) is 9.88 Å². The number of halogens is 2. The van der Waals surface area contributed by atoms with Crippen molar-refractivity contribution in [2.75, 3.05) is 13.1 Å². The second kappa shape index (κ2) is 9.00. The molecule has 0 N–H and O–H groups in total. The lowest BCUT2D eigenvalue weighted by molar-refractivity contribution is 0.195. The molecule has 29 heavy (non-hydrogen) atoms. The first-order chi connectivity index (χ1) is 14.1. The van der Waals surface area contributed by atoms with Gasteiger partial charge in [0.1, 0.15) is 17.5 Å². The standard InChI is InChI=1S/C21H23F2N5S/c1-27-20(25-26-21(27)29-14-15-5-9-24-10-6-15)16-7-11-28(12-8-16)13-17-18(22)3-2-4-19(17)23/h2-6,9-10,16H,7-8,11-14H2,1H3. The second-order valence-electron chi connectivity index (χ2n) is 7.29. The van der Waals surface area contributed by atoms with Crippen LogP contribution in [0.2, 0.25) is 0 Å². The Balaban J connectivity index is 1.35. The van der Waals surface area contributed by atoms with Crippen LogP contribution in [0.4, 0.5) is 8.78 Å². The highest BCUT2D eigenvalue weighted by molar-refractivity contribution is 7.98. The van der Waals surface area contributed by atoms with Crippen LogP contribution in [0.15, 0.2) is 47.9 Å². The van der Waals surface area contributed by atoms with Gasteiger partial charge in [0.25, 0.3) is 0 Å². The average Bonchev–Trinajstić information content (AvgIpc) is 3.11. The fraction of sp³-hybridized carbons (Fsp3) is 0.381. The molecule has 3 heterocycles. The van der Waals surface area contributed by atoms with Gasteiger partial charge < -0.3 is 4.57 Å². The molecule has 0 spiro atoms. The molecule has 0 atom stereocenters. The fourth-order valence-electron chi connectivity index (χ4n) is 3.69. The van der Waals surface area contributed by atoms with E-state index in [1.54, 1.807) is 24.2 Å². The minimum atomic E-state index is -0.476. The quantitative estimate of drug-likeness (QED) is 0.566. The van der Waals surface area contributed by atoms with Gasteiger partial charge >= 0.3 is 0 Å². The van der Waals surface area contributed by atoms with Crippen LogP contribution >= 0.6 is 11.8 Å². The molecule has 2 aromatic heterocycles. The molecular weight excluding hydrogens is 392 g/mol. The fourth-order valence-corrected chi connectivity index (χ4v) is 4.56. The van der Waals surface area contributed by atoms with Crippen molar-refractivity contribution in [1.82, 2.24) is 24.6 Å². The normalized spacial score (nSPS) is 15.7. The zero-order valence-corrected chi connectivity index (χ0v) is 17.1. The van der Waals surface area contributed by atoms with Crippen molar-refractivity contribution in [2.24, 2.45) is 7.05 Å². The van der Waals surface area contributed by atoms with E-state index in [0.29, 0.717) is 12.5 Å². The van der Waals surface area contributed by atoms with Crippen LogP contribution in [0.5, 0.6) is 0 Å². The van der Waals surface area contributed by atoms with Crippen molar-refractivity contribution < 1.29 is 8.78 Å². The summed E-state index contributed by atoms with van der Waals surface area (Å²) in [5, 5.41) is 9.69. The molecule has 0 unspecified atom stereocenters. The van der Waals surface area contributed by atoms with Crippen molar-refractivity contribution >= 4 is 11.8 Å². The van der Waals surface area contributed by atoms with Crippen molar-refractivity contribution in [1.29, 1.82) is 0 Å². The van der Waals surface area contributed by atoms with E-state index < -0.39 is 11.6 Å². The topological polar surface area (TPSA) is 46.8 Å². The summed E-state index contributed by atoms with van der Waals surface area (Å²) in [6.45, 7) is 1.87. The summed E-state index contributed by atoms with van der Waals surface area (Å²) in [6, 6.07) is 8.03. The molecule has 152 valence electrons. The molecule has 8 heteroatoms. The highest BCUT2D eigenvalue weighted by atomic mass is 32.2. The molecular formula is C21H23F2N5S. The maximum absolute atomic E-state index is 13.9. The predicted octanol–water partition coefficient (Wildman–Crippen LogP) is 4.16. The third kappa shape index (κ3) is 4.64. The largest absolute Gasteiger partial charge is 0.309 e. The molecule has 0 aliphatic carbocycles. The average molecular weight is 416 g/mol. The van der Waals surface area contributed by atoms with Gasteiger partial charge in [0.15, 0.2) is 5.16 Å². The van der Waals surface area contributed by atoms with Gasteiger partial charge in [0, 0.05) is 43.2 Å². The van der Waals surface area contributed by atoms with Crippen LogP contribution in [0.1, 0.15) is 35.7 Å². The summed E-state index contributed by atoms with van der Waals surface area (Å²) in [7, 11) is 2.01. The Morgan fingerprint density at radius 2 is 1.72 bits per heavy atom. The Kier molecular flexibility index (Phi) is 6.20. The van der Waals surface area contributed by atoms with Crippen molar-refractivity contribution in [3.63, 3.8) is 0 Å². The van der Waals surface area contributed by atoms with Gasteiger partial charge in [0.05, 0.1) is 0 Å². The summed E-state index contributed by atoms with van der Waals surface area (Å²) >= 11 is 1.66. The minimum absolute atomic E-state index is 0.152. The Morgan fingerprint density at radius 1 is 1.03 bits per heavy atom. The van der Waals surface area contributed by atoms with Crippen LogP contribution in [0.3, 0.4) is 0 Å². The van der Waals surface area contributed by atoms with Crippen LogP contribution in [0.25, 0.3) is 0 Å². The van der Waals surface area contributed by atoms with Gasteiger partial charge in [-0.25, -0.2) is 8.78 Å². The zero-order valence-electron chi connectivity index (χ0n) is 16.3. The lowest BCUT2D eigenvalue weighted by atomic mass is 9.95. The van der Waals surface area contributed by atoms with E-state index in [0.717, 1.165) is 42.7 Å². The molecule has 1 saturated heterocycles. The maximum atomic E-state index is 13.9. The van der Waals surface area contributed by atoms with Crippen molar-refractivity contribution in [2.45, 2.75) is 36.2 Å². The third-order valence-electron chi connectivity index (χ3n) is 5.38. The van der Waals surface area contributed by atoms with Gasteiger partial charge in [-0.05, 0) is 55.8 Å². The summed E-state index contributed by atoms with van der Waals surface area (Å²) in [6.07, 6.45) is 5.38. The SMILES string of the molecule is Cn1c(SCc2ccncc2)nnc1C1CCN(Cc2c(F)cccc2F)CC1. The van der Waals surface area contributed by atoms with Crippen LogP contribution < -0.4 is 0 Å². The van der Waals surface area contributed by atoms with E-state index in [4.69, 9.17) is 0 Å². The first kappa shape index (κ1) is 20.0. The maximum Gasteiger partial charge on any atom is 0.191 e. The number of hydrogen-bond donors (Lipinski definition) is 0. The number of benzene rings is 1. The van der Waals surface area contributed by atoms with Gasteiger partial charge in [-0.2, -0.15) is 0 Å². The van der Waals surface area contributed by atoms with Gasteiger partial charge in [-0.1, -0.05) is 17.8 Å². The first-order valence-electron chi connectivity index (χ1n) is 9.68. The number of aromatic nitrogens is 4. The van der Waals surface area contributed by atoms with Crippen LogP contribution in [-0.2, 0) is 19.3 Å². The first-order valence-corrected chi connectivity index (χ1v) is 10.7. The molecule has 5 nitrogen and oxygen atoms in total. The number of pyridine rings is 1. The zero-order chi connectivity index (χ0) is 20.2. The summed E-state index contributed by atoms with van der Waals surface area (Å²) in [4.78, 5) is 6.14. The molecule has 4 rings (SSSR count). The van der Waals surface area contributed by atoms with E-state index in [9.17, 15) is 8.78 Å². The Labute approximate surface area is 173 Å². The Hall–Kier alpha value is -2.32. The summed E-state index contributed by atoms with van der Waals surface area (Å²) < 4.78 is 29.9. The predicted molar refractivity (Wildman–Crippen MR) is 108 cm³/mol. The second-order valence-corrected chi connectivity index (χ2v) is 8.24. The molecule has 1 fully saturated rings. The lowest BCUT2D eigenvalue weighted by Gasteiger charge is -2.31. The molecule has 1 aliphatic heterocycles. The Bertz CT molecular complexity index is 935. The van der Waals surface area contributed by atoms with Crippen LogP contribution in [-0.4, -0.2) is 37.7 Å². The number of thioether (sulfide) groups is 1. The highest BCUT2D eigenvalue weighted by Crippen LogP contribution is 2.30. The Morgan fingerprint density at radius 3 is 2.41 bits per heavy atom. The molecule has 0 radical (unpaired) electrons. The number of piperidine rings is 1. The lowest BCUT2D eigenvalue weighted by Crippen LogP contribution is -2.33. The van der Waals surface area contributed by atoms with Crippen molar-refractivity contribution in [3.05, 3.63) is 71.3 Å². The van der Waals surface area contributed by atoms with E-state index in [-0.39, 0.29) is 5.56 Å². The minimum Gasteiger partial charge on any atom is -0.309 e. The third-order valence-corrected chi connectivity index (χ3v) is 6.47. The van der Waals surface area contributed by atoms with E-state index in [2.05, 4.69) is 24.6 Å². The molecule has 0 saturated carbocycles. The number of hydrogen-bond acceptors (Lipinski definition) is 5. The smallest absolute Gasteiger partial charge is 0.191 e. The van der Waals surface area contributed by atoms with Gasteiger partial charge in [-0.15, -0.1) is 10.2 Å². The molecule has 0 amide bonds. The molecule has 1 aliphatic rings. The van der Waals surface area contributed by atoms with E-state index in [1.165, 1.54) is 23.8 Å². The summed E-state index contributed by atoms with van der Waals surface area (Å²) in [5.41, 5.74) is 1.35. The highest BCUT2D eigenvalue weighted by Gasteiger charge is 2.26. The summed E-state index contributed by atoms with van der Waals surface area (Å²) in [5.74, 6) is 1.16. The molecule has 1 aromatic carbocycles. The van der Waals surface area contributed by atoms with E-state index >= 15 is 0 Å². The molecule has 3 aromatic rings. The monoisotopic (exact) mass is 415 g/mol. The van der Waals surface area contributed by atoms with E-state index in [1.807, 2.05) is 19.2 Å². The van der Waals surface area contributed by atoms with Gasteiger partial charge in [0.2, 0.25) is 0 Å². The van der Waals surface area contributed by atoms with Crippen molar-refractivity contribution in [3.8, 4) is 0 Å². The number of nitrogens with zero attached hydrogens (tertiary/aromatic N) is 5. The number of rotatable bonds is 6.